The van der Waals surface area contributed by atoms with Crippen molar-refractivity contribution in [3.05, 3.63) is 48.6 Å². The molecule has 0 fully saturated rings. The molecule has 0 rings (SSSR count). The first-order valence-corrected chi connectivity index (χ1v) is 35.6. The van der Waals surface area contributed by atoms with Gasteiger partial charge in [-0.05, 0) is 83.5 Å². The average molecular weight is 1120 g/mol. The van der Waals surface area contributed by atoms with Gasteiger partial charge < -0.3 is 14.2 Å². The van der Waals surface area contributed by atoms with E-state index in [4.69, 9.17) is 14.2 Å². The Bertz CT molecular complexity index is 1380. The monoisotopic (exact) mass is 1120 g/mol. The molecule has 0 aliphatic carbocycles. The summed E-state index contributed by atoms with van der Waals surface area (Å²) in [6, 6.07) is 0. The van der Waals surface area contributed by atoms with Crippen molar-refractivity contribution in [3.63, 3.8) is 0 Å². The molecule has 0 heterocycles. The average Bonchev–Trinajstić information content (AvgIpc) is 3.46. The quantitative estimate of drug-likeness (QED) is 0.0261. The summed E-state index contributed by atoms with van der Waals surface area (Å²) in [6.45, 7) is 6.68. The number of allylic oxidation sites excluding steroid dienone is 8. The van der Waals surface area contributed by atoms with Crippen LogP contribution in [0.25, 0.3) is 0 Å². The number of unbranched alkanes of at least 4 members (excludes halogenated alkanes) is 47. The molecule has 0 aromatic carbocycles. The summed E-state index contributed by atoms with van der Waals surface area (Å²) in [6.07, 6.45) is 87.2. The third-order valence-electron chi connectivity index (χ3n) is 16.1. The zero-order valence-corrected chi connectivity index (χ0v) is 53.9. The number of carbonyl (C=O) groups is 3. The molecule has 6 heteroatoms. The molecular formula is C74H136O6. The van der Waals surface area contributed by atoms with Gasteiger partial charge in [0.1, 0.15) is 13.2 Å². The van der Waals surface area contributed by atoms with E-state index in [0.29, 0.717) is 19.3 Å². The highest BCUT2D eigenvalue weighted by Crippen LogP contribution is 2.18. The van der Waals surface area contributed by atoms with Gasteiger partial charge in [-0.25, -0.2) is 0 Å². The molecule has 0 saturated heterocycles. The largest absolute Gasteiger partial charge is 0.462 e. The highest BCUT2D eigenvalue weighted by atomic mass is 16.6. The van der Waals surface area contributed by atoms with Gasteiger partial charge >= 0.3 is 17.9 Å². The molecular weight excluding hydrogens is 985 g/mol. The molecule has 1 unspecified atom stereocenters. The lowest BCUT2D eigenvalue weighted by Gasteiger charge is -2.18. The smallest absolute Gasteiger partial charge is 0.306 e. The van der Waals surface area contributed by atoms with Crippen molar-refractivity contribution in [2.24, 2.45) is 0 Å². The van der Waals surface area contributed by atoms with Gasteiger partial charge in [0.15, 0.2) is 6.10 Å². The summed E-state index contributed by atoms with van der Waals surface area (Å²) in [5, 5.41) is 0. The SMILES string of the molecule is CCCCCCC/C=C\C/C=C\C/C=C\CCCCCCCCCCCCCCCCC(=O)OCC(COC(=O)CCCCCCCCCCCC)OC(=O)CCCCCCCCCCCCC/C=C\CCCCCCCCCC. The summed E-state index contributed by atoms with van der Waals surface area (Å²) in [7, 11) is 0. The number of carbonyl (C=O) groups excluding carboxylic acids is 3. The molecule has 0 saturated carbocycles. The molecule has 0 spiro atoms. The molecule has 0 aromatic heterocycles. The molecule has 6 nitrogen and oxygen atoms in total. The predicted molar refractivity (Wildman–Crippen MR) is 349 cm³/mol. The van der Waals surface area contributed by atoms with Gasteiger partial charge in [0.05, 0.1) is 0 Å². The Morgan fingerprint density at radius 1 is 0.250 bits per heavy atom. The van der Waals surface area contributed by atoms with Gasteiger partial charge in [0, 0.05) is 19.3 Å². The van der Waals surface area contributed by atoms with Gasteiger partial charge in [-0.1, -0.05) is 333 Å². The first-order valence-electron chi connectivity index (χ1n) is 35.6. The second-order valence-electron chi connectivity index (χ2n) is 24.1. The van der Waals surface area contributed by atoms with Crippen molar-refractivity contribution in [3.8, 4) is 0 Å². The number of rotatable bonds is 66. The summed E-state index contributed by atoms with van der Waals surface area (Å²) in [5.74, 6) is -0.847. The first kappa shape index (κ1) is 77.4. The van der Waals surface area contributed by atoms with Crippen LogP contribution >= 0.6 is 0 Å². The minimum atomic E-state index is -0.771. The van der Waals surface area contributed by atoms with Crippen molar-refractivity contribution in [2.45, 2.75) is 393 Å². The van der Waals surface area contributed by atoms with Gasteiger partial charge in [0.25, 0.3) is 0 Å². The molecule has 0 bridgehead atoms. The predicted octanol–water partition coefficient (Wildman–Crippen LogP) is 24.5. The molecule has 0 N–H and O–H groups in total. The summed E-state index contributed by atoms with van der Waals surface area (Å²) in [5.41, 5.74) is 0. The summed E-state index contributed by atoms with van der Waals surface area (Å²) < 4.78 is 17.0. The van der Waals surface area contributed by atoms with Crippen LogP contribution in [0.2, 0.25) is 0 Å². The fourth-order valence-electron chi connectivity index (χ4n) is 10.7. The van der Waals surface area contributed by atoms with Crippen molar-refractivity contribution in [1.29, 1.82) is 0 Å². The van der Waals surface area contributed by atoms with Crippen LogP contribution in [0.3, 0.4) is 0 Å². The maximum atomic E-state index is 12.9. The van der Waals surface area contributed by atoms with Crippen LogP contribution in [-0.2, 0) is 28.6 Å². The first-order chi connectivity index (χ1) is 39.5. The lowest BCUT2D eigenvalue weighted by molar-refractivity contribution is -0.167. The fraction of sp³-hybridized carbons (Fsp3) is 0.851. The highest BCUT2D eigenvalue weighted by Gasteiger charge is 2.19. The van der Waals surface area contributed by atoms with Crippen LogP contribution in [0.4, 0.5) is 0 Å². The molecule has 0 amide bonds. The Hall–Kier alpha value is -2.63. The van der Waals surface area contributed by atoms with Crippen molar-refractivity contribution >= 4 is 17.9 Å². The van der Waals surface area contributed by atoms with Crippen LogP contribution in [0.1, 0.15) is 387 Å². The number of esters is 3. The Morgan fingerprint density at radius 2 is 0.450 bits per heavy atom. The van der Waals surface area contributed by atoms with E-state index in [1.807, 2.05) is 0 Å². The fourth-order valence-corrected chi connectivity index (χ4v) is 10.7. The Labute approximate surface area is 498 Å². The molecule has 468 valence electrons. The van der Waals surface area contributed by atoms with Gasteiger partial charge in [-0.3, -0.25) is 14.4 Å². The second kappa shape index (κ2) is 68.9. The van der Waals surface area contributed by atoms with Crippen LogP contribution < -0.4 is 0 Å². The molecule has 1 atom stereocenters. The van der Waals surface area contributed by atoms with E-state index in [2.05, 4.69) is 69.4 Å². The summed E-state index contributed by atoms with van der Waals surface area (Å²) >= 11 is 0. The molecule has 0 aromatic rings. The highest BCUT2D eigenvalue weighted by molar-refractivity contribution is 5.71. The van der Waals surface area contributed by atoms with Crippen LogP contribution in [0.15, 0.2) is 48.6 Å². The van der Waals surface area contributed by atoms with Crippen molar-refractivity contribution in [2.75, 3.05) is 13.2 Å². The van der Waals surface area contributed by atoms with Crippen LogP contribution in [0.5, 0.6) is 0 Å². The third kappa shape index (κ3) is 66.2. The molecule has 0 radical (unpaired) electrons. The molecule has 0 aliphatic rings. The Balaban J connectivity index is 4.15. The van der Waals surface area contributed by atoms with E-state index in [1.54, 1.807) is 0 Å². The van der Waals surface area contributed by atoms with Crippen LogP contribution in [-0.4, -0.2) is 37.2 Å². The minimum Gasteiger partial charge on any atom is -0.462 e. The van der Waals surface area contributed by atoms with Crippen LogP contribution in [0, 0.1) is 0 Å². The summed E-state index contributed by atoms with van der Waals surface area (Å²) in [4.78, 5) is 38.3. The van der Waals surface area contributed by atoms with Crippen molar-refractivity contribution in [1.82, 2.24) is 0 Å². The van der Waals surface area contributed by atoms with Crippen molar-refractivity contribution < 1.29 is 28.6 Å². The molecule has 0 aliphatic heterocycles. The van der Waals surface area contributed by atoms with Gasteiger partial charge in [0.2, 0.25) is 0 Å². The zero-order valence-electron chi connectivity index (χ0n) is 53.9. The van der Waals surface area contributed by atoms with Gasteiger partial charge in [-0.2, -0.15) is 0 Å². The number of hydrogen-bond donors (Lipinski definition) is 0. The lowest BCUT2D eigenvalue weighted by Crippen LogP contribution is -2.30. The van der Waals surface area contributed by atoms with E-state index in [0.717, 1.165) is 70.6 Å². The van der Waals surface area contributed by atoms with E-state index >= 15 is 0 Å². The van der Waals surface area contributed by atoms with E-state index < -0.39 is 6.10 Å². The topological polar surface area (TPSA) is 78.9 Å². The maximum Gasteiger partial charge on any atom is 0.306 e. The standard InChI is InChI=1S/C74H136O6/c1-4-7-10-13-16-19-22-24-26-28-30-32-34-35-36-37-38-39-41-42-44-46-48-50-52-55-58-61-64-67-73(76)79-70-71(69-78-72(75)66-63-60-57-54-21-18-15-12-9-6-3)80-74(77)68-65-62-59-56-53-51-49-47-45-43-40-33-31-29-27-25-23-20-17-14-11-8-5-2/h22,24,28-31,34-35,71H,4-21,23,25-27,32-33,36-70H2,1-3H3/b24-22-,30-28-,31-29-,35-34-. The second-order valence-corrected chi connectivity index (χ2v) is 24.1. The van der Waals surface area contributed by atoms with E-state index in [9.17, 15) is 14.4 Å². The minimum absolute atomic E-state index is 0.0686. The molecule has 80 heavy (non-hydrogen) atoms. The van der Waals surface area contributed by atoms with E-state index in [-0.39, 0.29) is 31.1 Å². The maximum absolute atomic E-state index is 12.9. The normalized spacial score (nSPS) is 12.3. The Morgan fingerprint density at radius 3 is 0.713 bits per heavy atom. The lowest BCUT2D eigenvalue weighted by atomic mass is 10.0. The zero-order chi connectivity index (χ0) is 57.8. The Kier molecular flexibility index (Phi) is 66.6. The number of ether oxygens (including phenoxy) is 3. The third-order valence-corrected chi connectivity index (χ3v) is 16.1. The number of hydrogen-bond acceptors (Lipinski definition) is 6. The van der Waals surface area contributed by atoms with E-state index in [1.165, 1.54) is 276 Å². The van der Waals surface area contributed by atoms with Gasteiger partial charge in [-0.15, -0.1) is 0 Å².